The molecular weight excluding hydrogens is 366 g/mol. The van der Waals surface area contributed by atoms with Crippen molar-refractivity contribution in [3.05, 3.63) is 59.1 Å². The van der Waals surface area contributed by atoms with Crippen LogP contribution in [0.25, 0.3) is 0 Å². The first-order chi connectivity index (χ1) is 11.6. The third-order valence-corrected chi connectivity index (χ3v) is 5.71. The summed E-state index contributed by atoms with van der Waals surface area (Å²) in [5.41, 5.74) is 0.989. The quantitative estimate of drug-likeness (QED) is 0.596. The minimum Gasteiger partial charge on any atom is -0.483 e. The van der Waals surface area contributed by atoms with Crippen molar-refractivity contribution in [2.75, 3.05) is 5.94 Å². The lowest BCUT2D eigenvalue weighted by Crippen LogP contribution is -2.25. The van der Waals surface area contributed by atoms with E-state index in [1.54, 1.807) is 0 Å². The van der Waals surface area contributed by atoms with Crippen molar-refractivity contribution in [3.8, 4) is 5.75 Å². The molecule has 2 aromatic rings. The Morgan fingerprint density at radius 3 is 2.54 bits per heavy atom. The van der Waals surface area contributed by atoms with Crippen molar-refractivity contribution in [2.45, 2.75) is 16.6 Å². The summed E-state index contributed by atoms with van der Waals surface area (Å²) < 4.78 is 5.69. The van der Waals surface area contributed by atoms with Crippen LogP contribution in [-0.4, -0.2) is 22.3 Å². The average Bonchev–Trinajstić information content (AvgIpc) is 2.88. The molecule has 1 saturated heterocycles. The predicted molar refractivity (Wildman–Crippen MR) is 97.9 cm³/mol. The molecule has 3 rings (SSSR count). The molecule has 0 bridgehead atoms. The van der Waals surface area contributed by atoms with Gasteiger partial charge in [-0.2, -0.15) is 0 Å². The fourth-order valence-corrected chi connectivity index (χ4v) is 4.05. The number of amides is 2. The zero-order valence-electron chi connectivity index (χ0n) is 12.5. The van der Waals surface area contributed by atoms with Crippen LogP contribution in [0.2, 0.25) is 5.02 Å². The fraction of sp³-hybridized carbons (Fsp3) is 0.176. The monoisotopic (exact) mass is 379 g/mol. The highest BCUT2D eigenvalue weighted by Gasteiger charge is 2.31. The summed E-state index contributed by atoms with van der Waals surface area (Å²) >= 11 is 8.66. The summed E-state index contributed by atoms with van der Waals surface area (Å²) in [6, 6.07) is 15.2. The summed E-state index contributed by atoms with van der Waals surface area (Å²) in [5.74, 6) is 0.984. The maximum atomic E-state index is 11.6. The van der Waals surface area contributed by atoms with E-state index in [9.17, 15) is 9.59 Å². The summed E-state index contributed by atoms with van der Waals surface area (Å²) in [5, 5.41) is 2.38. The smallest absolute Gasteiger partial charge is 0.286 e. The van der Waals surface area contributed by atoms with Gasteiger partial charge >= 0.3 is 0 Å². The van der Waals surface area contributed by atoms with E-state index in [1.807, 2.05) is 48.5 Å². The van der Waals surface area contributed by atoms with Gasteiger partial charge in [0.2, 0.25) is 5.91 Å². The van der Waals surface area contributed by atoms with Gasteiger partial charge in [0.1, 0.15) is 11.7 Å². The van der Waals surface area contributed by atoms with E-state index in [4.69, 9.17) is 16.3 Å². The summed E-state index contributed by atoms with van der Waals surface area (Å²) in [4.78, 5) is 23.7. The van der Waals surface area contributed by atoms with Crippen molar-refractivity contribution >= 4 is 46.3 Å². The highest BCUT2D eigenvalue weighted by atomic mass is 35.5. The average molecular weight is 380 g/mol. The fourth-order valence-electron chi connectivity index (χ4n) is 2.19. The van der Waals surface area contributed by atoms with Crippen molar-refractivity contribution < 1.29 is 14.3 Å². The summed E-state index contributed by atoms with van der Waals surface area (Å²) in [6.45, 7) is 0. The maximum absolute atomic E-state index is 11.6. The molecule has 0 radical (unpaired) electrons. The molecule has 2 amide bonds. The van der Waals surface area contributed by atoms with Crippen LogP contribution in [-0.2, 0) is 11.2 Å². The lowest BCUT2D eigenvalue weighted by atomic mass is 10.1. The summed E-state index contributed by atoms with van der Waals surface area (Å²) in [7, 11) is 0. The van der Waals surface area contributed by atoms with Crippen LogP contribution in [0.1, 0.15) is 5.56 Å². The number of nitrogens with one attached hydrogen (secondary N) is 1. The molecule has 24 heavy (non-hydrogen) atoms. The van der Waals surface area contributed by atoms with E-state index in [0.29, 0.717) is 17.4 Å². The molecule has 1 aliphatic rings. The number of hydrogen-bond acceptors (Lipinski definition) is 5. The Kier molecular flexibility index (Phi) is 5.71. The molecule has 1 aliphatic heterocycles. The number of imide groups is 1. The molecular formula is C17H14ClNO3S2. The first kappa shape index (κ1) is 17.2. The molecule has 1 heterocycles. The molecule has 7 heteroatoms. The highest BCUT2D eigenvalue weighted by molar-refractivity contribution is 8.15. The van der Waals surface area contributed by atoms with Crippen molar-refractivity contribution in [3.63, 3.8) is 0 Å². The number of benzene rings is 2. The third kappa shape index (κ3) is 4.47. The number of thioether (sulfide) groups is 2. The molecule has 1 fully saturated rings. The van der Waals surface area contributed by atoms with Crippen LogP contribution in [0.5, 0.6) is 5.75 Å². The van der Waals surface area contributed by atoms with Gasteiger partial charge in [-0.3, -0.25) is 14.9 Å². The van der Waals surface area contributed by atoms with Gasteiger partial charge in [0.15, 0.2) is 0 Å². The van der Waals surface area contributed by atoms with Crippen LogP contribution in [0.15, 0.2) is 53.4 Å². The Morgan fingerprint density at radius 2 is 1.88 bits per heavy atom. The SMILES string of the molecule is O=C1NC(=O)C(Cc2ccc(OCSc3ccccc3Cl)cc2)S1. The van der Waals surface area contributed by atoms with Gasteiger partial charge in [-0.05, 0) is 36.2 Å². The second-order valence-corrected chi connectivity index (χ2v) is 7.62. The van der Waals surface area contributed by atoms with E-state index < -0.39 is 0 Å². The van der Waals surface area contributed by atoms with E-state index in [1.165, 1.54) is 11.8 Å². The van der Waals surface area contributed by atoms with E-state index in [0.717, 1.165) is 28.0 Å². The lowest BCUT2D eigenvalue weighted by molar-refractivity contribution is -0.118. The Morgan fingerprint density at radius 1 is 1.12 bits per heavy atom. The minimum absolute atomic E-state index is 0.221. The molecule has 0 aliphatic carbocycles. The van der Waals surface area contributed by atoms with Crippen molar-refractivity contribution in [2.24, 2.45) is 0 Å². The maximum Gasteiger partial charge on any atom is 0.286 e. The van der Waals surface area contributed by atoms with Gasteiger partial charge < -0.3 is 4.74 Å². The molecule has 4 nitrogen and oxygen atoms in total. The van der Waals surface area contributed by atoms with E-state index >= 15 is 0 Å². The van der Waals surface area contributed by atoms with Gasteiger partial charge in [-0.25, -0.2) is 0 Å². The molecule has 0 saturated carbocycles. The molecule has 2 aromatic carbocycles. The molecule has 1 N–H and O–H groups in total. The Balaban J connectivity index is 1.50. The van der Waals surface area contributed by atoms with Crippen molar-refractivity contribution in [1.29, 1.82) is 0 Å². The molecule has 0 spiro atoms. The molecule has 1 unspecified atom stereocenters. The number of hydrogen-bond donors (Lipinski definition) is 1. The first-order valence-electron chi connectivity index (χ1n) is 7.22. The standard InChI is InChI=1S/C17H14ClNO3S2/c18-13-3-1-2-4-14(13)23-10-22-12-7-5-11(6-8-12)9-15-16(20)19-17(21)24-15/h1-8,15H,9-10H2,(H,19,20,21). The number of carbonyl (C=O) groups excluding carboxylic acids is 2. The van der Waals surface area contributed by atoms with E-state index in [2.05, 4.69) is 5.32 Å². The van der Waals surface area contributed by atoms with Crippen LogP contribution in [0.4, 0.5) is 4.79 Å². The zero-order chi connectivity index (χ0) is 16.9. The first-order valence-corrected chi connectivity index (χ1v) is 9.47. The Labute approximate surface area is 153 Å². The van der Waals surface area contributed by atoms with Crippen LogP contribution < -0.4 is 10.1 Å². The van der Waals surface area contributed by atoms with Crippen LogP contribution in [0.3, 0.4) is 0 Å². The zero-order valence-corrected chi connectivity index (χ0v) is 14.9. The molecule has 0 aromatic heterocycles. The van der Waals surface area contributed by atoms with Gasteiger partial charge in [0.05, 0.1) is 10.3 Å². The summed E-state index contributed by atoms with van der Waals surface area (Å²) in [6.07, 6.45) is 0.525. The second kappa shape index (κ2) is 7.96. The molecule has 1 atom stereocenters. The van der Waals surface area contributed by atoms with Crippen LogP contribution >= 0.6 is 35.1 Å². The topological polar surface area (TPSA) is 55.4 Å². The van der Waals surface area contributed by atoms with Gasteiger partial charge in [-0.15, -0.1) is 0 Å². The van der Waals surface area contributed by atoms with Crippen molar-refractivity contribution in [1.82, 2.24) is 5.32 Å². The number of carbonyl (C=O) groups is 2. The number of halogens is 1. The normalized spacial score (nSPS) is 17.0. The van der Waals surface area contributed by atoms with Gasteiger partial charge in [-0.1, -0.05) is 59.4 Å². The second-order valence-electron chi connectivity index (χ2n) is 5.07. The highest BCUT2D eigenvalue weighted by Crippen LogP contribution is 2.28. The van der Waals surface area contributed by atoms with Gasteiger partial charge in [0, 0.05) is 4.90 Å². The third-order valence-electron chi connectivity index (χ3n) is 3.39. The minimum atomic E-state index is -0.347. The number of ether oxygens (including phenoxy) is 1. The lowest BCUT2D eigenvalue weighted by Gasteiger charge is -2.09. The van der Waals surface area contributed by atoms with E-state index in [-0.39, 0.29) is 16.4 Å². The molecule has 124 valence electrons. The van der Waals surface area contributed by atoms with Gasteiger partial charge in [0.25, 0.3) is 5.24 Å². The number of rotatable bonds is 6. The van der Waals surface area contributed by atoms with Crippen LogP contribution in [0, 0.1) is 0 Å². The predicted octanol–water partition coefficient (Wildman–Crippen LogP) is 4.36. The Hall–Kier alpha value is -1.63. The largest absolute Gasteiger partial charge is 0.483 e. The Bertz CT molecular complexity index is 752.